The van der Waals surface area contributed by atoms with Gasteiger partial charge in [0.1, 0.15) is 0 Å². The van der Waals surface area contributed by atoms with Crippen LogP contribution in [-0.4, -0.2) is 18.4 Å². The molecule has 2 heterocycles. The van der Waals surface area contributed by atoms with Crippen molar-refractivity contribution >= 4 is 17.5 Å². The molecule has 2 amide bonds. The fraction of sp³-hybridized carbons (Fsp3) is 0.200. The second-order valence-corrected chi connectivity index (χ2v) is 4.65. The first-order valence-electron chi connectivity index (χ1n) is 6.47. The minimum atomic E-state index is -0.262. The van der Waals surface area contributed by atoms with E-state index in [1.807, 2.05) is 24.3 Å². The number of para-hydroxylation sites is 1. The Balaban J connectivity index is 1.59. The van der Waals surface area contributed by atoms with Gasteiger partial charge in [-0.2, -0.15) is 0 Å². The van der Waals surface area contributed by atoms with Crippen molar-refractivity contribution in [1.82, 2.24) is 5.32 Å². The van der Waals surface area contributed by atoms with Gasteiger partial charge in [0.15, 0.2) is 5.76 Å². The number of fused-ring (bicyclic) bond motifs is 1. The van der Waals surface area contributed by atoms with Crippen LogP contribution in [0.5, 0.6) is 0 Å². The van der Waals surface area contributed by atoms with Crippen LogP contribution in [0.25, 0.3) is 0 Å². The zero-order valence-corrected chi connectivity index (χ0v) is 10.8. The normalized spacial score (nSPS) is 16.6. The summed E-state index contributed by atoms with van der Waals surface area (Å²) in [4.78, 5) is 23.6. The van der Waals surface area contributed by atoms with Crippen molar-refractivity contribution in [3.05, 3.63) is 54.0 Å². The summed E-state index contributed by atoms with van der Waals surface area (Å²) in [7, 11) is 0. The summed E-state index contributed by atoms with van der Waals surface area (Å²) in [6.45, 7) is 0.423. The molecule has 0 fully saturated rings. The topological polar surface area (TPSA) is 71.3 Å². The maximum absolute atomic E-state index is 11.9. The van der Waals surface area contributed by atoms with Crippen molar-refractivity contribution in [2.45, 2.75) is 12.3 Å². The molecule has 2 N–H and O–H groups in total. The van der Waals surface area contributed by atoms with E-state index in [-0.39, 0.29) is 23.5 Å². The Bertz CT molecular complexity index is 634. The first-order valence-corrected chi connectivity index (χ1v) is 6.47. The predicted molar refractivity (Wildman–Crippen MR) is 73.5 cm³/mol. The van der Waals surface area contributed by atoms with Crippen molar-refractivity contribution < 1.29 is 14.0 Å². The molecule has 2 aromatic rings. The Morgan fingerprint density at radius 2 is 2.10 bits per heavy atom. The lowest BCUT2D eigenvalue weighted by molar-refractivity contribution is -0.117. The molecular formula is C15H14N2O3. The third kappa shape index (κ3) is 2.30. The lowest BCUT2D eigenvalue weighted by atomic mass is 9.97. The van der Waals surface area contributed by atoms with Gasteiger partial charge in [-0.05, 0) is 30.2 Å². The van der Waals surface area contributed by atoms with E-state index in [2.05, 4.69) is 10.6 Å². The molecule has 0 saturated heterocycles. The van der Waals surface area contributed by atoms with Gasteiger partial charge in [0.2, 0.25) is 5.91 Å². The zero-order valence-electron chi connectivity index (χ0n) is 10.8. The smallest absolute Gasteiger partial charge is 0.286 e. The summed E-state index contributed by atoms with van der Waals surface area (Å²) >= 11 is 0. The van der Waals surface area contributed by atoms with Crippen LogP contribution in [0, 0.1) is 0 Å². The number of benzene rings is 1. The Kier molecular flexibility index (Phi) is 3.25. The summed E-state index contributed by atoms with van der Waals surface area (Å²) in [5.74, 6) is -0.204. The minimum absolute atomic E-state index is 0.0153. The van der Waals surface area contributed by atoms with E-state index in [4.69, 9.17) is 4.42 Å². The highest BCUT2D eigenvalue weighted by Crippen LogP contribution is 2.33. The number of anilines is 1. The van der Waals surface area contributed by atoms with E-state index < -0.39 is 0 Å². The monoisotopic (exact) mass is 270 g/mol. The van der Waals surface area contributed by atoms with Crippen molar-refractivity contribution in [3.63, 3.8) is 0 Å². The molecular weight excluding hydrogens is 256 g/mol. The Morgan fingerprint density at radius 3 is 2.90 bits per heavy atom. The number of rotatable bonds is 4. The summed E-state index contributed by atoms with van der Waals surface area (Å²) in [5, 5.41) is 5.59. The highest BCUT2D eigenvalue weighted by Gasteiger charge is 2.29. The highest BCUT2D eigenvalue weighted by molar-refractivity contribution is 6.02. The number of amides is 2. The molecule has 1 unspecified atom stereocenters. The van der Waals surface area contributed by atoms with Crippen molar-refractivity contribution in [2.24, 2.45) is 0 Å². The molecule has 0 aliphatic carbocycles. The Morgan fingerprint density at radius 1 is 1.25 bits per heavy atom. The van der Waals surface area contributed by atoms with Gasteiger partial charge in [-0.15, -0.1) is 0 Å². The molecule has 0 saturated carbocycles. The highest BCUT2D eigenvalue weighted by atomic mass is 16.3. The Labute approximate surface area is 116 Å². The van der Waals surface area contributed by atoms with Crippen LogP contribution in [0.2, 0.25) is 0 Å². The fourth-order valence-electron chi connectivity index (χ4n) is 2.39. The minimum Gasteiger partial charge on any atom is -0.459 e. The SMILES string of the molecule is O=C(NCCC1C(=O)Nc2ccccc21)c1ccco1. The average molecular weight is 270 g/mol. The second kappa shape index (κ2) is 5.21. The molecule has 20 heavy (non-hydrogen) atoms. The number of hydrogen-bond donors (Lipinski definition) is 2. The molecule has 3 rings (SSSR count). The van der Waals surface area contributed by atoms with Gasteiger partial charge in [0, 0.05) is 12.2 Å². The van der Waals surface area contributed by atoms with Gasteiger partial charge in [-0.3, -0.25) is 9.59 Å². The van der Waals surface area contributed by atoms with Crippen LogP contribution >= 0.6 is 0 Å². The van der Waals surface area contributed by atoms with E-state index in [9.17, 15) is 9.59 Å². The molecule has 0 bridgehead atoms. The molecule has 5 nitrogen and oxygen atoms in total. The van der Waals surface area contributed by atoms with Gasteiger partial charge >= 0.3 is 0 Å². The molecule has 1 aliphatic heterocycles. The number of carbonyl (C=O) groups is 2. The molecule has 5 heteroatoms. The van der Waals surface area contributed by atoms with Crippen LogP contribution < -0.4 is 10.6 Å². The van der Waals surface area contributed by atoms with E-state index in [1.54, 1.807) is 12.1 Å². The van der Waals surface area contributed by atoms with Crippen LogP contribution in [-0.2, 0) is 4.79 Å². The molecule has 0 radical (unpaired) electrons. The van der Waals surface area contributed by atoms with E-state index in [0.717, 1.165) is 11.3 Å². The van der Waals surface area contributed by atoms with Gasteiger partial charge in [0.25, 0.3) is 5.91 Å². The molecule has 1 aromatic carbocycles. The third-order valence-electron chi connectivity index (χ3n) is 3.37. The first-order chi connectivity index (χ1) is 9.75. The van der Waals surface area contributed by atoms with Gasteiger partial charge in [-0.25, -0.2) is 0 Å². The molecule has 102 valence electrons. The lowest BCUT2D eigenvalue weighted by Gasteiger charge is -2.09. The van der Waals surface area contributed by atoms with Crippen LogP contribution in [0.3, 0.4) is 0 Å². The van der Waals surface area contributed by atoms with Crippen molar-refractivity contribution in [1.29, 1.82) is 0 Å². The zero-order chi connectivity index (χ0) is 13.9. The standard InChI is InChI=1S/C15H14N2O3/c18-14-11(10-4-1-2-5-12(10)17-14)7-8-16-15(19)13-6-3-9-20-13/h1-6,9,11H,7-8H2,(H,16,19)(H,17,18). The van der Waals surface area contributed by atoms with Crippen LogP contribution in [0.15, 0.2) is 47.1 Å². The molecule has 1 aromatic heterocycles. The summed E-state index contributed by atoms with van der Waals surface area (Å²) < 4.78 is 5.00. The third-order valence-corrected chi connectivity index (χ3v) is 3.37. The van der Waals surface area contributed by atoms with E-state index >= 15 is 0 Å². The fourth-order valence-corrected chi connectivity index (χ4v) is 2.39. The Hall–Kier alpha value is -2.56. The lowest BCUT2D eigenvalue weighted by Crippen LogP contribution is -2.26. The van der Waals surface area contributed by atoms with Crippen LogP contribution in [0.1, 0.15) is 28.5 Å². The van der Waals surface area contributed by atoms with E-state index in [1.165, 1.54) is 6.26 Å². The summed E-state index contributed by atoms with van der Waals surface area (Å²) in [6, 6.07) is 10.9. The van der Waals surface area contributed by atoms with Crippen molar-refractivity contribution in [3.8, 4) is 0 Å². The second-order valence-electron chi connectivity index (χ2n) is 4.65. The maximum atomic E-state index is 11.9. The van der Waals surface area contributed by atoms with E-state index in [0.29, 0.717) is 13.0 Å². The maximum Gasteiger partial charge on any atom is 0.286 e. The summed E-state index contributed by atoms with van der Waals surface area (Å²) in [6.07, 6.45) is 2.02. The number of carbonyl (C=O) groups excluding carboxylic acids is 2. The van der Waals surface area contributed by atoms with Crippen LogP contribution in [0.4, 0.5) is 5.69 Å². The van der Waals surface area contributed by atoms with Gasteiger partial charge < -0.3 is 15.1 Å². The number of nitrogens with one attached hydrogen (secondary N) is 2. The largest absolute Gasteiger partial charge is 0.459 e. The van der Waals surface area contributed by atoms with Gasteiger partial charge in [0.05, 0.1) is 12.2 Å². The molecule has 0 spiro atoms. The quantitative estimate of drug-likeness (QED) is 0.894. The van der Waals surface area contributed by atoms with Gasteiger partial charge in [-0.1, -0.05) is 18.2 Å². The molecule has 1 aliphatic rings. The predicted octanol–water partition coefficient (Wildman–Crippen LogP) is 2.14. The summed E-state index contributed by atoms with van der Waals surface area (Å²) in [5.41, 5.74) is 1.85. The average Bonchev–Trinajstić information content (AvgIpc) is 3.07. The number of hydrogen-bond acceptors (Lipinski definition) is 3. The van der Waals surface area contributed by atoms with Crippen molar-refractivity contribution in [2.75, 3.05) is 11.9 Å². The first kappa shape index (κ1) is 12.5. The molecule has 1 atom stereocenters. The number of furan rings is 1.